The fourth-order valence-corrected chi connectivity index (χ4v) is 4.20. The van der Waals surface area contributed by atoms with Gasteiger partial charge in [-0.2, -0.15) is 0 Å². The van der Waals surface area contributed by atoms with Crippen LogP contribution in [0.5, 0.6) is 0 Å². The molecule has 0 bridgehead atoms. The van der Waals surface area contributed by atoms with E-state index in [1.54, 1.807) is 11.1 Å². The van der Waals surface area contributed by atoms with Crippen molar-refractivity contribution in [3.63, 3.8) is 0 Å². The highest BCUT2D eigenvalue weighted by atomic mass is 79.9. The topological polar surface area (TPSA) is 65.8 Å². The van der Waals surface area contributed by atoms with E-state index in [9.17, 15) is 9.90 Å². The summed E-state index contributed by atoms with van der Waals surface area (Å²) in [6.07, 6.45) is 3.65. The molecular formula is C21H22BrN3O2S. The quantitative estimate of drug-likeness (QED) is 0.624. The molecule has 0 saturated heterocycles. The Labute approximate surface area is 178 Å². The van der Waals surface area contributed by atoms with Crippen LogP contribution in [0.3, 0.4) is 0 Å². The van der Waals surface area contributed by atoms with Crippen molar-refractivity contribution < 1.29 is 9.90 Å². The number of halogens is 1. The summed E-state index contributed by atoms with van der Waals surface area (Å²) in [7, 11) is 0. The van der Waals surface area contributed by atoms with Crippen molar-refractivity contribution in [1.29, 1.82) is 0 Å². The third-order valence-electron chi connectivity index (χ3n) is 4.73. The van der Waals surface area contributed by atoms with Crippen molar-refractivity contribution in [3.8, 4) is 0 Å². The van der Waals surface area contributed by atoms with Gasteiger partial charge in [0, 0.05) is 16.2 Å². The maximum atomic E-state index is 12.1. The Hall–Kier alpha value is -2.12. The van der Waals surface area contributed by atoms with Crippen molar-refractivity contribution in [3.05, 3.63) is 58.3 Å². The van der Waals surface area contributed by atoms with Crippen LogP contribution in [0.2, 0.25) is 0 Å². The highest BCUT2D eigenvalue weighted by Crippen LogP contribution is 2.34. The van der Waals surface area contributed by atoms with Crippen molar-refractivity contribution in [2.75, 3.05) is 4.90 Å². The fraction of sp³-hybridized carbons (Fsp3) is 0.333. The van der Waals surface area contributed by atoms with E-state index in [0.717, 1.165) is 33.5 Å². The summed E-state index contributed by atoms with van der Waals surface area (Å²) in [4.78, 5) is 23.9. The molecule has 1 aromatic carbocycles. The lowest BCUT2D eigenvalue weighted by Crippen LogP contribution is -2.48. The average molecular weight is 460 g/mol. The van der Waals surface area contributed by atoms with Crippen LogP contribution in [0.25, 0.3) is 0 Å². The smallest absolute Gasteiger partial charge is 0.326 e. The van der Waals surface area contributed by atoms with E-state index >= 15 is 0 Å². The van der Waals surface area contributed by atoms with Gasteiger partial charge < -0.3 is 10.0 Å². The van der Waals surface area contributed by atoms with Gasteiger partial charge in [-0.15, -0.1) is 0 Å². The van der Waals surface area contributed by atoms with Crippen LogP contribution in [0.15, 0.2) is 52.1 Å². The van der Waals surface area contributed by atoms with Gasteiger partial charge in [0.25, 0.3) is 0 Å². The van der Waals surface area contributed by atoms with Crippen LogP contribution in [0, 0.1) is 0 Å². The lowest BCUT2D eigenvalue weighted by atomic mass is 10.0. The molecule has 0 fully saturated rings. The molecule has 0 radical (unpaired) electrons. The number of carboxylic acid groups (broad SMARTS) is 1. The first-order chi connectivity index (χ1) is 13.5. The van der Waals surface area contributed by atoms with Gasteiger partial charge in [-0.25, -0.2) is 4.79 Å². The number of nitrogens with zero attached hydrogens (tertiary/aromatic N) is 3. The molecule has 7 heteroatoms. The summed E-state index contributed by atoms with van der Waals surface area (Å²) < 4.78 is 0.887. The number of hydrogen-bond donors (Lipinski definition) is 1. The zero-order chi connectivity index (χ0) is 20.3. The third kappa shape index (κ3) is 4.00. The molecule has 2 aromatic rings. The molecule has 2 unspecified atom stereocenters. The van der Waals surface area contributed by atoms with E-state index < -0.39 is 12.0 Å². The number of thiocarbonyl (C=S) groups is 1. The number of carbonyl (C=O) groups is 1. The Morgan fingerprint density at radius 2 is 2.11 bits per heavy atom. The molecule has 5 nitrogen and oxygen atoms in total. The minimum atomic E-state index is -0.880. The number of aliphatic imine (C=N–C) groups is 1. The summed E-state index contributed by atoms with van der Waals surface area (Å²) in [5, 5.41) is 9.93. The predicted octanol–water partition coefficient (Wildman–Crippen LogP) is 4.86. The van der Waals surface area contributed by atoms with Crippen molar-refractivity contribution in [1.82, 2.24) is 4.98 Å². The molecule has 0 spiro atoms. The van der Waals surface area contributed by atoms with Gasteiger partial charge >= 0.3 is 5.97 Å². The Morgan fingerprint density at radius 3 is 2.71 bits per heavy atom. The number of aliphatic carboxylic acids is 1. The molecule has 0 saturated carbocycles. The predicted molar refractivity (Wildman–Crippen MR) is 120 cm³/mol. The minimum Gasteiger partial charge on any atom is -0.480 e. The molecule has 0 aliphatic carbocycles. The number of hydrogen-bond acceptors (Lipinski definition) is 4. The van der Waals surface area contributed by atoms with Gasteiger partial charge in [0.15, 0.2) is 0 Å². The van der Waals surface area contributed by atoms with Crippen LogP contribution in [0.1, 0.15) is 44.4 Å². The molecule has 146 valence electrons. The van der Waals surface area contributed by atoms with Crippen LogP contribution in [0.4, 0.5) is 5.69 Å². The molecule has 1 aliphatic heterocycles. The number of rotatable bonds is 6. The normalized spacial score (nSPS) is 17.5. The van der Waals surface area contributed by atoms with Crippen LogP contribution >= 0.6 is 28.1 Å². The monoisotopic (exact) mass is 459 g/mol. The molecule has 1 N–H and O–H groups in total. The van der Waals surface area contributed by atoms with Crippen molar-refractivity contribution in [2.45, 2.75) is 45.2 Å². The maximum Gasteiger partial charge on any atom is 0.326 e. The van der Waals surface area contributed by atoms with Gasteiger partial charge in [-0.1, -0.05) is 54.5 Å². The van der Waals surface area contributed by atoms with E-state index in [-0.39, 0.29) is 6.04 Å². The second-order valence-corrected chi connectivity index (χ2v) is 7.96. The number of benzene rings is 1. The zero-order valence-electron chi connectivity index (χ0n) is 15.8. The third-order valence-corrected chi connectivity index (χ3v) is 5.70. The van der Waals surface area contributed by atoms with E-state index in [4.69, 9.17) is 17.2 Å². The van der Waals surface area contributed by atoms with Gasteiger partial charge in [-0.3, -0.25) is 9.98 Å². The maximum absolute atomic E-state index is 12.1. The number of aromatic nitrogens is 1. The summed E-state index contributed by atoms with van der Waals surface area (Å²) in [5.74, 6) is -0.880. The molecular weight excluding hydrogens is 438 g/mol. The molecule has 2 atom stereocenters. The van der Waals surface area contributed by atoms with Crippen molar-refractivity contribution in [2.24, 2.45) is 4.99 Å². The Bertz CT molecular complexity index is 917. The standard InChI is InChI=1S/C21H22BrN3O2S/c1-3-7-18(21(26)27)25-17-10-9-13(22)12-14(17)19(16-8-5-6-11-23-16)24-15(4-2)20(25)28/h5-6,8-12,15,18H,3-4,7H2,1-2H3,(H,26,27). The Balaban J connectivity index is 2.27. The number of carboxylic acids is 1. The minimum absolute atomic E-state index is 0.295. The molecule has 2 heterocycles. The van der Waals surface area contributed by atoms with Crippen LogP contribution in [-0.2, 0) is 4.79 Å². The summed E-state index contributed by atoms with van der Waals surface area (Å²) in [6, 6.07) is 10.4. The second-order valence-electron chi connectivity index (χ2n) is 6.63. The van der Waals surface area contributed by atoms with E-state index in [1.807, 2.05) is 50.2 Å². The van der Waals surface area contributed by atoms with Gasteiger partial charge in [0.2, 0.25) is 0 Å². The summed E-state index contributed by atoms with van der Waals surface area (Å²) in [6.45, 7) is 3.99. The largest absolute Gasteiger partial charge is 0.480 e. The number of benzodiazepines with no additional fused rings is 1. The van der Waals surface area contributed by atoms with Crippen LogP contribution < -0.4 is 4.90 Å². The van der Waals surface area contributed by atoms with Crippen LogP contribution in [-0.4, -0.2) is 38.8 Å². The van der Waals surface area contributed by atoms with E-state index in [0.29, 0.717) is 17.8 Å². The molecule has 1 aliphatic rings. The second kappa shape index (κ2) is 8.92. The lowest BCUT2D eigenvalue weighted by molar-refractivity contribution is -0.138. The summed E-state index contributed by atoms with van der Waals surface area (Å²) in [5.41, 5.74) is 3.06. The van der Waals surface area contributed by atoms with Gasteiger partial charge in [-0.05, 0) is 43.2 Å². The highest BCUT2D eigenvalue weighted by Gasteiger charge is 2.36. The van der Waals surface area contributed by atoms with Gasteiger partial charge in [0.1, 0.15) is 17.1 Å². The van der Waals surface area contributed by atoms with Gasteiger partial charge in [0.05, 0.1) is 17.1 Å². The summed E-state index contributed by atoms with van der Waals surface area (Å²) >= 11 is 9.32. The van der Waals surface area contributed by atoms with E-state index in [2.05, 4.69) is 20.9 Å². The molecule has 0 amide bonds. The zero-order valence-corrected chi connectivity index (χ0v) is 18.2. The fourth-order valence-electron chi connectivity index (χ4n) is 3.40. The molecule has 28 heavy (non-hydrogen) atoms. The molecule has 3 rings (SSSR count). The van der Waals surface area contributed by atoms with E-state index in [1.165, 1.54) is 0 Å². The number of anilines is 1. The first-order valence-corrected chi connectivity index (χ1v) is 10.5. The highest BCUT2D eigenvalue weighted by molar-refractivity contribution is 9.10. The number of pyridine rings is 1. The average Bonchev–Trinajstić information content (AvgIpc) is 2.81. The van der Waals surface area contributed by atoms with Crippen molar-refractivity contribution >= 4 is 50.5 Å². The first-order valence-electron chi connectivity index (χ1n) is 9.32. The first kappa shape index (κ1) is 20.6. The Kier molecular flexibility index (Phi) is 6.57. The molecule has 1 aromatic heterocycles. The lowest BCUT2D eigenvalue weighted by Gasteiger charge is -2.33. The number of fused-ring (bicyclic) bond motifs is 1. The SMILES string of the molecule is CCCC(C(=O)O)N1C(=S)C(CC)N=C(c2ccccn2)c2cc(Br)ccc21. The Morgan fingerprint density at radius 1 is 1.32 bits per heavy atom.